The average molecular weight is 274 g/mol. The Labute approximate surface area is 125 Å². The van der Waals surface area contributed by atoms with Gasteiger partial charge in [0.25, 0.3) is 0 Å². The molecular weight excluding hydrogens is 244 g/mol. The van der Waals surface area contributed by atoms with Crippen LogP contribution < -0.4 is 0 Å². The number of rotatable bonds is 8. The smallest absolute Gasteiger partial charge is 0.0389 e. The lowest BCUT2D eigenvalue weighted by Crippen LogP contribution is -1.87. The van der Waals surface area contributed by atoms with E-state index >= 15 is 0 Å². The molecule has 0 aliphatic rings. The van der Waals surface area contributed by atoms with Gasteiger partial charge in [-0.25, -0.2) is 0 Å². The Hall–Kier alpha value is -1.44. The van der Waals surface area contributed by atoms with Crippen molar-refractivity contribution in [2.24, 2.45) is 9.98 Å². The van der Waals surface area contributed by atoms with Crippen molar-refractivity contribution < 1.29 is 0 Å². The summed E-state index contributed by atoms with van der Waals surface area (Å²) in [7, 11) is 0. The summed E-state index contributed by atoms with van der Waals surface area (Å²) in [5.74, 6) is 0. The van der Waals surface area contributed by atoms with Crippen molar-refractivity contribution in [3.63, 3.8) is 0 Å². The molecule has 2 nitrogen and oxygen atoms in total. The molecule has 0 aliphatic heterocycles. The van der Waals surface area contributed by atoms with E-state index in [2.05, 4.69) is 48.1 Å². The van der Waals surface area contributed by atoms with Crippen molar-refractivity contribution >= 4 is 12.4 Å². The van der Waals surface area contributed by atoms with Gasteiger partial charge in [0, 0.05) is 25.5 Å². The summed E-state index contributed by atoms with van der Waals surface area (Å²) in [6, 6.07) is 8.37. The zero-order valence-electron chi connectivity index (χ0n) is 13.6. The molecule has 0 fully saturated rings. The first-order valence-corrected chi connectivity index (χ1v) is 7.96. The maximum absolute atomic E-state index is 4.43. The van der Waals surface area contributed by atoms with Crippen LogP contribution >= 0.6 is 0 Å². The van der Waals surface area contributed by atoms with Crippen molar-refractivity contribution in [2.45, 2.75) is 53.4 Å². The van der Waals surface area contributed by atoms with Crippen LogP contribution in [-0.4, -0.2) is 25.5 Å². The second-order valence-corrected chi connectivity index (χ2v) is 4.44. The van der Waals surface area contributed by atoms with Gasteiger partial charge in [0.2, 0.25) is 0 Å². The number of aliphatic imine (C=N–C) groups is 2. The third kappa shape index (κ3) is 9.48. The van der Waals surface area contributed by atoms with E-state index in [1.165, 1.54) is 24.8 Å². The molecule has 0 aliphatic carbocycles. The number of hydrogen-bond donors (Lipinski definition) is 0. The van der Waals surface area contributed by atoms with Gasteiger partial charge in [-0.3, -0.25) is 9.98 Å². The minimum atomic E-state index is 0.903. The van der Waals surface area contributed by atoms with E-state index in [0.29, 0.717) is 0 Å². The summed E-state index contributed by atoms with van der Waals surface area (Å²) in [6.07, 6.45) is 8.70. The monoisotopic (exact) mass is 274 g/mol. The molecule has 2 heteroatoms. The highest BCUT2D eigenvalue weighted by molar-refractivity contribution is 5.84. The second kappa shape index (κ2) is 14.0. The number of unbranched alkanes of at least 4 members (excludes halogenated alkanes) is 2. The predicted molar refractivity (Wildman–Crippen MR) is 92.5 cm³/mol. The van der Waals surface area contributed by atoms with E-state index in [4.69, 9.17) is 0 Å². The van der Waals surface area contributed by atoms with Crippen molar-refractivity contribution in [1.82, 2.24) is 0 Å². The number of hydrogen-bond acceptors (Lipinski definition) is 2. The Morgan fingerprint density at radius 3 is 1.70 bits per heavy atom. The third-order valence-electron chi connectivity index (χ3n) is 2.66. The maximum Gasteiger partial charge on any atom is 0.0389 e. The Balaban J connectivity index is 0.00000172. The zero-order valence-corrected chi connectivity index (χ0v) is 13.6. The Morgan fingerprint density at radius 1 is 0.750 bits per heavy atom. The topological polar surface area (TPSA) is 24.7 Å². The molecule has 0 amide bonds. The van der Waals surface area contributed by atoms with Gasteiger partial charge in [-0.1, -0.05) is 64.8 Å². The fraction of sp³-hybridized carbons (Fsp3) is 0.556. The molecule has 0 saturated heterocycles. The summed E-state index contributed by atoms with van der Waals surface area (Å²) in [4.78, 5) is 8.75. The van der Waals surface area contributed by atoms with E-state index in [1.807, 2.05) is 26.3 Å². The third-order valence-corrected chi connectivity index (χ3v) is 2.66. The minimum absolute atomic E-state index is 0.903. The maximum atomic E-state index is 4.43. The van der Waals surface area contributed by atoms with Crippen LogP contribution in [0.25, 0.3) is 0 Å². The van der Waals surface area contributed by atoms with Crippen molar-refractivity contribution in [2.75, 3.05) is 13.1 Å². The molecule has 0 heterocycles. The van der Waals surface area contributed by atoms with Crippen molar-refractivity contribution in [3.05, 3.63) is 35.4 Å². The molecule has 0 spiro atoms. The van der Waals surface area contributed by atoms with Crippen LogP contribution in [0.5, 0.6) is 0 Å². The molecule has 20 heavy (non-hydrogen) atoms. The first-order valence-electron chi connectivity index (χ1n) is 7.96. The largest absolute Gasteiger partial charge is 0.293 e. The van der Waals surface area contributed by atoms with Crippen LogP contribution in [0.1, 0.15) is 64.5 Å². The molecule has 0 radical (unpaired) electrons. The van der Waals surface area contributed by atoms with Crippen molar-refractivity contribution in [3.8, 4) is 0 Å². The number of nitrogens with zero attached hydrogens (tertiary/aromatic N) is 2. The van der Waals surface area contributed by atoms with Crippen molar-refractivity contribution in [1.29, 1.82) is 0 Å². The molecular formula is C18H30N2. The molecule has 0 aromatic heterocycles. The lowest BCUT2D eigenvalue weighted by molar-refractivity contribution is 0.729. The normalized spacial score (nSPS) is 10.8. The Morgan fingerprint density at radius 2 is 1.25 bits per heavy atom. The summed E-state index contributed by atoms with van der Waals surface area (Å²) in [5, 5.41) is 0. The van der Waals surface area contributed by atoms with E-state index in [-0.39, 0.29) is 0 Å². The first kappa shape index (κ1) is 18.6. The molecule has 1 rings (SSSR count). The SMILES string of the molecule is CC.CCCCCN=Cc1ccc(C=NCCC)cc1. The van der Waals surface area contributed by atoms with E-state index < -0.39 is 0 Å². The molecule has 1 aromatic carbocycles. The van der Waals surface area contributed by atoms with Gasteiger partial charge in [0.05, 0.1) is 0 Å². The lowest BCUT2D eigenvalue weighted by atomic mass is 10.1. The quantitative estimate of drug-likeness (QED) is 0.462. The summed E-state index contributed by atoms with van der Waals surface area (Å²) < 4.78 is 0. The van der Waals surface area contributed by atoms with Crippen LogP contribution in [-0.2, 0) is 0 Å². The van der Waals surface area contributed by atoms with E-state index in [0.717, 1.165) is 25.1 Å². The highest BCUT2D eigenvalue weighted by Gasteiger charge is 1.89. The lowest BCUT2D eigenvalue weighted by Gasteiger charge is -1.96. The highest BCUT2D eigenvalue weighted by Crippen LogP contribution is 2.01. The van der Waals surface area contributed by atoms with Gasteiger partial charge < -0.3 is 0 Å². The fourth-order valence-electron chi connectivity index (χ4n) is 1.59. The van der Waals surface area contributed by atoms with Gasteiger partial charge >= 0.3 is 0 Å². The van der Waals surface area contributed by atoms with Crippen LogP contribution in [0.4, 0.5) is 0 Å². The summed E-state index contributed by atoms with van der Waals surface area (Å²) >= 11 is 0. The minimum Gasteiger partial charge on any atom is -0.293 e. The highest BCUT2D eigenvalue weighted by atomic mass is 14.7. The van der Waals surface area contributed by atoms with E-state index in [1.54, 1.807) is 0 Å². The van der Waals surface area contributed by atoms with Gasteiger partial charge in [0.1, 0.15) is 0 Å². The molecule has 0 unspecified atom stereocenters. The second-order valence-electron chi connectivity index (χ2n) is 4.44. The van der Waals surface area contributed by atoms with Crippen LogP contribution in [0.3, 0.4) is 0 Å². The van der Waals surface area contributed by atoms with Gasteiger partial charge in [-0.15, -0.1) is 0 Å². The predicted octanol–water partition coefficient (Wildman–Crippen LogP) is 5.15. The van der Waals surface area contributed by atoms with Crippen LogP contribution in [0.15, 0.2) is 34.3 Å². The fourth-order valence-corrected chi connectivity index (χ4v) is 1.59. The summed E-state index contributed by atoms with van der Waals surface area (Å²) in [6.45, 7) is 10.2. The van der Waals surface area contributed by atoms with Gasteiger partial charge in [-0.05, 0) is 24.0 Å². The molecule has 0 N–H and O–H groups in total. The zero-order chi connectivity index (χ0) is 15.1. The molecule has 0 saturated carbocycles. The summed E-state index contributed by atoms with van der Waals surface area (Å²) in [5.41, 5.74) is 2.32. The molecule has 1 aromatic rings. The molecule has 112 valence electrons. The standard InChI is InChI=1S/C16H24N2.C2H6/c1-3-5-6-12-18-14-16-9-7-15(8-10-16)13-17-11-4-2;1-2/h7-10,13-14H,3-6,11-12H2,1-2H3;1-2H3. The van der Waals surface area contributed by atoms with Crippen LogP contribution in [0, 0.1) is 0 Å². The van der Waals surface area contributed by atoms with E-state index in [9.17, 15) is 0 Å². The Bertz CT molecular complexity index is 364. The van der Waals surface area contributed by atoms with Gasteiger partial charge in [-0.2, -0.15) is 0 Å². The van der Waals surface area contributed by atoms with Crippen LogP contribution in [0.2, 0.25) is 0 Å². The molecule has 0 atom stereocenters. The molecule has 0 bridgehead atoms. The average Bonchev–Trinajstić information content (AvgIpc) is 2.51. The first-order chi connectivity index (χ1) is 9.86. The Kier molecular flexibility index (Phi) is 13.0. The van der Waals surface area contributed by atoms with Gasteiger partial charge in [0.15, 0.2) is 0 Å². The number of benzene rings is 1.